The van der Waals surface area contributed by atoms with Crippen LogP contribution in [0.4, 0.5) is 31.6 Å². The van der Waals surface area contributed by atoms with Crippen molar-refractivity contribution in [3.63, 3.8) is 0 Å². The minimum Gasteiger partial charge on any atom is -0.508 e. The van der Waals surface area contributed by atoms with Crippen molar-refractivity contribution in [3.05, 3.63) is 221 Å². The number of anilines is 3. The molecule has 0 saturated heterocycles. The molecule has 29 heteroatoms. The van der Waals surface area contributed by atoms with Crippen LogP contribution in [0.2, 0.25) is 5.35 Å². The van der Waals surface area contributed by atoms with Crippen LogP contribution in [0.3, 0.4) is 0 Å². The van der Waals surface area contributed by atoms with Crippen LogP contribution in [0.1, 0.15) is 43.0 Å². The maximum atomic E-state index is 13.2. The molecule has 0 atom stereocenters. The number of alkyl carbamates (subject to hydrolysis) is 1. The number of phenols is 1. The molecule has 0 fully saturated rings. The number of nitrogens with zero attached hydrogens (tertiary/aromatic N) is 4. The molecule has 0 bridgehead atoms. The number of nitrogens with two attached hydrogens (primary N) is 1. The Bertz CT molecular complexity index is 4890. The highest BCUT2D eigenvalue weighted by Crippen LogP contribution is 2.29. The molecular formula is C73H76ClF2N9O16S. The molecule has 0 aliphatic carbocycles. The largest absolute Gasteiger partial charge is 0.508 e. The number of benzene rings is 8. The first-order chi connectivity index (χ1) is 49.0. The molecule has 0 spiro atoms. The predicted molar refractivity (Wildman–Crippen MR) is 384 cm³/mol. The molecule has 0 unspecified atom stereocenters. The van der Waals surface area contributed by atoms with Crippen LogP contribution in [0.15, 0.2) is 216 Å². The van der Waals surface area contributed by atoms with Crippen molar-refractivity contribution in [1.29, 1.82) is 0 Å². The molecule has 536 valence electrons. The summed E-state index contributed by atoms with van der Waals surface area (Å²) in [5, 5.41) is 21.4. The maximum Gasteiger partial charge on any atom is 0.407 e. The van der Waals surface area contributed by atoms with E-state index in [1.165, 1.54) is 12.1 Å². The van der Waals surface area contributed by atoms with Crippen molar-refractivity contribution in [2.24, 2.45) is 5.73 Å². The number of aryl methyl sites for hydroxylation is 1. The van der Waals surface area contributed by atoms with Gasteiger partial charge in [-0.3, -0.25) is 4.55 Å². The highest BCUT2D eigenvalue weighted by atomic mass is 35.5. The topological polar surface area (TPSA) is 335 Å². The van der Waals surface area contributed by atoms with Crippen LogP contribution < -0.4 is 55.4 Å². The molecule has 4 aromatic heterocycles. The van der Waals surface area contributed by atoms with Crippen molar-refractivity contribution >= 4 is 90.3 Å². The van der Waals surface area contributed by atoms with Crippen LogP contribution in [0.25, 0.3) is 44.4 Å². The second-order valence-corrected chi connectivity index (χ2v) is 24.6. The fraction of sp³-hybridized carbons (Fsp3) is 0.219. The quantitative estimate of drug-likeness (QED) is 0.0293. The minimum atomic E-state index is -4.02. The number of rotatable bonds is 23. The minimum absolute atomic E-state index is 0.0334. The number of carbonyl (C=O) groups excluding carboxylic acids is 1. The maximum absolute atomic E-state index is 13.2. The Morgan fingerprint density at radius 1 is 0.539 bits per heavy atom. The monoisotopic (exact) mass is 1440 g/mol. The summed E-state index contributed by atoms with van der Waals surface area (Å²) in [6, 6.07) is 50.9. The van der Waals surface area contributed by atoms with Crippen molar-refractivity contribution < 1.29 is 82.5 Å². The van der Waals surface area contributed by atoms with Gasteiger partial charge in [-0.25, -0.2) is 13.6 Å². The lowest BCUT2D eigenvalue weighted by atomic mass is 10.2. The van der Waals surface area contributed by atoms with E-state index in [0.717, 1.165) is 50.8 Å². The van der Waals surface area contributed by atoms with Crippen molar-refractivity contribution in [2.75, 3.05) is 70.7 Å². The molecule has 0 aliphatic rings. The molecule has 0 radical (unpaired) electrons. The van der Waals surface area contributed by atoms with Crippen molar-refractivity contribution in [3.8, 4) is 40.2 Å². The summed E-state index contributed by atoms with van der Waals surface area (Å²) in [7, 11) is 2.47. The first kappa shape index (κ1) is 76.2. The van der Waals surface area contributed by atoms with Gasteiger partial charge in [0.25, 0.3) is 33.5 Å². The Morgan fingerprint density at radius 2 is 0.931 bits per heavy atom. The van der Waals surface area contributed by atoms with Gasteiger partial charge in [0.1, 0.15) is 81.1 Å². The van der Waals surface area contributed by atoms with Gasteiger partial charge >= 0.3 is 6.09 Å². The van der Waals surface area contributed by atoms with Crippen molar-refractivity contribution in [1.82, 2.24) is 25.3 Å². The summed E-state index contributed by atoms with van der Waals surface area (Å²) < 4.78 is 114. The summed E-state index contributed by atoms with van der Waals surface area (Å²) in [5.41, 5.74) is 14.6. The summed E-state index contributed by atoms with van der Waals surface area (Å²) >= 11 is 5.56. The lowest BCUT2D eigenvalue weighted by molar-refractivity contribution is 0.0531. The highest BCUT2D eigenvalue weighted by molar-refractivity contribution is 7.85. The van der Waals surface area contributed by atoms with Gasteiger partial charge in [-0.1, -0.05) is 54.1 Å². The molecule has 8 aromatic carbocycles. The SMILES string of the molecule is COc1ccc2nc(Cl)oc2c1.COc1cccc(CNc2nc3ccc(O)cc3o2)c1.COc1cccc(CNc2nc3ccc(OC/C(=C/F)CN)cc3o2)c1.COc1cccc(CNc2nc3ccc(OC/C(=C/F)CNC(=O)OC(C)(C)C)cc3o2)c1.Cc1ccc(S(=O)(=O)O)cc1. The average Bonchev–Trinajstić information content (AvgIpc) is 1.71. The molecule has 12 aromatic rings. The van der Waals surface area contributed by atoms with E-state index >= 15 is 0 Å². The molecule has 0 saturated carbocycles. The lowest BCUT2D eigenvalue weighted by Gasteiger charge is -2.20. The summed E-state index contributed by atoms with van der Waals surface area (Å²) in [6.07, 6.45) is 0.248. The average molecular weight is 1440 g/mol. The van der Waals surface area contributed by atoms with Crippen LogP contribution in [-0.2, 0) is 34.5 Å². The number of nitrogens with one attached hydrogen (secondary N) is 4. The van der Waals surface area contributed by atoms with Crippen LogP contribution in [0.5, 0.6) is 40.2 Å². The number of hydrogen-bond acceptors (Lipinski definition) is 23. The standard InChI is InChI=1S/C24H28FN3O5.C19H20FN3O3.C15H14N2O3.C8H6ClNO2.C7H8O3S/c1-24(2,3)33-23(29)27-14-17(12-25)15-31-19-8-9-20-21(11-19)32-22(28-20)26-13-16-6-5-7-18(10-16)30-4;1-24-15-4-2-3-13(7-15)11-22-19-23-17-6-5-16(8-18(17)26-19)25-12-14(9-20)10-21;1-19-12-4-2-3-10(7-12)9-16-15-17-13-6-5-11(18)8-14(13)20-15;1-11-5-2-3-6-7(4-5)12-8(9)10-6;1-6-2-4-7(5-3-6)11(8,9)10/h5-12H,13-15H2,1-4H3,(H,26,28)(H,27,29);2-9H,10-12,21H2,1H3,(H,22,23);2-8,18H,9H2,1H3,(H,16,17);2-4H,1H3;2-5H,1H3,(H,8,9,10)/b17-12+;14-9+;;;. The third-order valence-corrected chi connectivity index (χ3v) is 15.0. The number of fused-ring (bicyclic) bond motifs is 4. The van der Waals surface area contributed by atoms with Gasteiger partial charge in [-0.15, -0.1) is 0 Å². The van der Waals surface area contributed by atoms with E-state index < -0.39 is 21.8 Å². The van der Waals surface area contributed by atoms with Crippen LogP contribution >= 0.6 is 11.6 Å². The van der Waals surface area contributed by atoms with Gasteiger partial charge in [0.2, 0.25) is 0 Å². The third-order valence-electron chi connectivity index (χ3n) is 14.0. The number of amides is 1. The second-order valence-electron chi connectivity index (χ2n) is 22.8. The first-order valence-corrected chi connectivity index (χ1v) is 33.0. The van der Waals surface area contributed by atoms with E-state index in [1.54, 1.807) is 134 Å². The highest BCUT2D eigenvalue weighted by Gasteiger charge is 2.17. The molecule has 8 N–H and O–H groups in total. The number of phenolic OH excluding ortho intramolecular Hbond substituents is 1. The number of hydrogen-bond donors (Lipinski definition) is 7. The number of aromatic hydroxyl groups is 1. The van der Waals surface area contributed by atoms with E-state index in [0.29, 0.717) is 106 Å². The number of ether oxygens (including phenoxy) is 7. The summed E-state index contributed by atoms with van der Waals surface area (Å²) in [6.45, 7) is 8.86. The molecular weight excluding hydrogens is 1360 g/mol. The smallest absolute Gasteiger partial charge is 0.407 e. The molecule has 102 heavy (non-hydrogen) atoms. The first-order valence-electron chi connectivity index (χ1n) is 31.2. The van der Waals surface area contributed by atoms with E-state index in [9.17, 15) is 27.1 Å². The van der Waals surface area contributed by atoms with Crippen LogP contribution in [-0.4, -0.2) is 104 Å². The Hall–Kier alpha value is -11.6. The van der Waals surface area contributed by atoms with Gasteiger partial charge in [-0.2, -0.15) is 28.4 Å². The number of halogens is 3. The van der Waals surface area contributed by atoms with Crippen LogP contribution in [0, 0.1) is 6.92 Å². The second kappa shape index (κ2) is 37.0. The zero-order valence-corrected chi connectivity index (χ0v) is 58.4. The number of methoxy groups -OCH3 is 4. The van der Waals surface area contributed by atoms with E-state index in [4.69, 9.17) is 72.7 Å². The van der Waals surface area contributed by atoms with E-state index in [2.05, 4.69) is 41.2 Å². The summed E-state index contributed by atoms with van der Waals surface area (Å²) in [4.78, 5) is 28.7. The molecule has 12 rings (SSSR count). The third kappa shape index (κ3) is 24.1. The Morgan fingerprint density at radius 3 is 1.35 bits per heavy atom. The number of aromatic nitrogens is 4. The normalized spacial score (nSPS) is 11.3. The molecule has 0 aliphatic heterocycles. The Balaban J connectivity index is 0.000000171. The molecule has 1 amide bonds. The number of carbonyl (C=O) groups is 1. The fourth-order valence-electron chi connectivity index (χ4n) is 8.83. The molecule has 4 heterocycles. The van der Waals surface area contributed by atoms with Gasteiger partial charge in [0.15, 0.2) is 22.3 Å². The Kier molecular flexibility index (Phi) is 27.6. The zero-order chi connectivity index (χ0) is 73.2. The van der Waals surface area contributed by atoms with E-state index in [-0.39, 0.29) is 47.9 Å². The fourth-order valence-corrected chi connectivity index (χ4v) is 9.49. The molecule has 25 nitrogen and oxygen atoms in total. The Labute approximate surface area is 590 Å². The van der Waals surface area contributed by atoms with Gasteiger partial charge in [-0.05, 0) is 153 Å². The van der Waals surface area contributed by atoms with Crippen molar-refractivity contribution in [2.45, 2.75) is 57.8 Å². The predicted octanol–water partition coefficient (Wildman–Crippen LogP) is 15.7. The van der Waals surface area contributed by atoms with Gasteiger partial charge in [0.05, 0.1) is 46.0 Å². The van der Waals surface area contributed by atoms with Gasteiger partial charge in [0, 0.05) is 68.1 Å². The van der Waals surface area contributed by atoms with E-state index in [1.807, 2.05) is 79.7 Å². The lowest BCUT2D eigenvalue weighted by Crippen LogP contribution is -2.34. The summed E-state index contributed by atoms with van der Waals surface area (Å²) in [5.74, 6) is 4.31. The van der Waals surface area contributed by atoms with Gasteiger partial charge < -0.3 is 82.9 Å². The zero-order valence-electron chi connectivity index (χ0n) is 56.8. The number of oxazole rings is 4.